The normalized spacial score (nSPS) is 24.9. The highest BCUT2D eigenvalue weighted by Crippen LogP contribution is 2.13. The first-order chi connectivity index (χ1) is 7.40. The van der Waals surface area contributed by atoms with Gasteiger partial charge in [-0.3, -0.25) is 0 Å². The Bertz CT molecular complexity index is 201. The molecule has 3 heteroatoms. The zero-order valence-corrected chi connectivity index (χ0v) is 11.5. The fourth-order valence-corrected chi connectivity index (χ4v) is 2.14. The number of likely N-dealkylation sites (tertiary alicyclic amines) is 1. The lowest BCUT2D eigenvalue weighted by Crippen LogP contribution is -2.41. The Morgan fingerprint density at radius 1 is 1.44 bits per heavy atom. The fraction of sp³-hybridized carbons (Fsp3) is 1.00. The molecular formula is C13H28N2O. The first-order valence-electron chi connectivity index (χ1n) is 6.41. The van der Waals surface area contributed by atoms with E-state index in [0.717, 1.165) is 13.1 Å². The van der Waals surface area contributed by atoms with Gasteiger partial charge in [-0.25, -0.2) is 0 Å². The molecule has 0 amide bonds. The fourth-order valence-electron chi connectivity index (χ4n) is 2.14. The Hall–Kier alpha value is -0.120. The van der Waals surface area contributed by atoms with E-state index in [1.54, 1.807) is 0 Å². The standard InChI is InChI=1S/C13H28N2O/c1-11(8-14-13(2,3)4)9-15-7-6-12(10-15)16-5/h11-12,14H,6-10H2,1-5H3. The maximum atomic E-state index is 5.38. The predicted molar refractivity (Wildman–Crippen MR) is 68.8 cm³/mol. The summed E-state index contributed by atoms with van der Waals surface area (Å²) < 4.78 is 5.38. The minimum atomic E-state index is 0.230. The van der Waals surface area contributed by atoms with Crippen LogP contribution >= 0.6 is 0 Å². The maximum Gasteiger partial charge on any atom is 0.0710 e. The van der Waals surface area contributed by atoms with Gasteiger partial charge in [0, 0.05) is 32.3 Å². The van der Waals surface area contributed by atoms with Gasteiger partial charge in [-0.15, -0.1) is 0 Å². The van der Waals surface area contributed by atoms with Crippen LogP contribution in [0.5, 0.6) is 0 Å². The summed E-state index contributed by atoms with van der Waals surface area (Å²) in [5, 5.41) is 3.56. The zero-order chi connectivity index (χ0) is 12.2. The van der Waals surface area contributed by atoms with E-state index in [2.05, 4.69) is 37.9 Å². The Kier molecular flexibility index (Phi) is 5.22. The summed E-state index contributed by atoms with van der Waals surface area (Å²) in [6, 6.07) is 0. The van der Waals surface area contributed by atoms with Crippen LogP contribution in [0.2, 0.25) is 0 Å². The van der Waals surface area contributed by atoms with Crippen molar-refractivity contribution in [2.75, 3.05) is 33.3 Å². The molecule has 1 saturated heterocycles. The molecule has 1 aliphatic heterocycles. The second-order valence-electron chi connectivity index (χ2n) is 6.14. The van der Waals surface area contributed by atoms with Crippen LogP contribution in [0, 0.1) is 5.92 Å². The minimum absolute atomic E-state index is 0.230. The second-order valence-corrected chi connectivity index (χ2v) is 6.14. The molecule has 2 unspecified atom stereocenters. The van der Waals surface area contributed by atoms with E-state index in [0.29, 0.717) is 12.0 Å². The van der Waals surface area contributed by atoms with Crippen LogP contribution in [-0.2, 0) is 4.74 Å². The molecule has 0 spiro atoms. The molecule has 0 aromatic rings. The van der Waals surface area contributed by atoms with Crippen molar-refractivity contribution in [2.24, 2.45) is 5.92 Å². The van der Waals surface area contributed by atoms with Gasteiger partial charge in [0.2, 0.25) is 0 Å². The Balaban J connectivity index is 2.17. The average molecular weight is 228 g/mol. The number of nitrogens with one attached hydrogen (secondary N) is 1. The van der Waals surface area contributed by atoms with E-state index in [9.17, 15) is 0 Å². The predicted octanol–water partition coefficient (Wildman–Crippen LogP) is 1.73. The van der Waals surface area contributed by atoms with E-state index in [-0.39, 0.29) is 5.54 Å². The average Bonchev–Trinajstić information content (AvgIpc) is 2.61. The zero-order valence-electron chi connectivity index (χ0n) is 11.5. The van der Waals surface area contributed by atoms with Gasteiger partial charge >= 0.3 is 0 Å². The van der Waals surface area contributed by atoms with Crippen LogP contribution in [0.25, 0.3) is 0 Å². The van der Waals surface area contributed by atoms with Crippen LogP contribution in [-0.4, -0.2) is 49.8 Å². The molecule has 3 nitrogen and oxygen atoms in total. The minimum Gasteiger partial charge on any atom is -0.380 e. The highest BCUT2D eigenvalue weighted by molar-refractivity contribution is 4.78. The van der Waals surface area contributed by atoms with Gasteiger partial charge in [0.15, 0.2) is 0 Å². The molecule has 1 rings (SSSR count). The van der Waals surface area contributed by atoms with Crippen molar-refractivity contribution in [3.05, 3.63) is 0 Å². The van der Waals surface area contributed by atoms with E-state index in [1.807, 2.05) is 7.11 Å². The van der Waals surface area contributed by atoms with Crippen molar-refractivity contribution in [1.82, 2.24) is 10.2 Å². The van der Waals surface area contributed by atoms with Gasteiger partial charge in [0.1, 0.15) is 0 Å². The third-order valence-corrected chi connectivity index (χ3v) is 3.11. The van der Waals surface area contributed by atoms with Gasteiger partial charge in [0.05, 0.1) is 6.10 Å². The van der Waals surface area contributed by atoms with Crippen molar-refractivity contribution < 1.29 is 4.74 Å². The van der Waals surface area contributed by atoms with E-state index < -0.39 is 0 Å². The number of hydrogen-bond acceptors (Lipinski definition) is 3. The summed E-state index contributed by atoms with van der Waals surface area (Å²) in [5.74, 6) is 0.704. The quantitative estimate of drug-likeness (QED) is 0.775. The Labute approximate surface area is 101 Å². The number of hydrogen-bond donors (Lipinski definition) is 1. The second kappa shape index (κ2) is 5.99. The largest absolute Gasteiger partial charge is 0.380 e. The first kappa shape index (κ1) is 13.9. The topological polar surface area (TPSA) is 24.5 Å². The lowest BCUT2D eigenvalue weighted by atomic mass is 10.1. The van der Waals surface area contributed by atoms with Crippen molar-refractivity contribution in [3.8, 4) is 0 Å². The molecule has 1 fully saturated rings. The summed E-state index contributed by atoms with van der Waals surface area (Å²) in [7, 11) is 1.82. The Morgan fingerprint density at radius 3 is 2.62 bits per heavy atom. The number of methoxy groups -OCH3 is 1. The van der Waals surface area contributed by atoms with Crippen molar-refractivity contribution in [3.63, 3.8) is 0 Å². The lowest BCUT2D eigenvalue weighted by Gasteiger charge is -2.26. The molecule has 0 aliphatic carbocycles. The monoisotopic (exact) mass is 228 g/mol. The molecule has 96 valence electrons. The number of nitrogens with zero attached hydrogens (tertiary/aromatic N) is 1. The molecule has 1 N–H and O–H groups in total. The molecule has 1 aliphatic rings. The molecule has 1 heterocycles. The van der Waals surface area contributed by atoms with Crippen LogP contribution in [0.4, 0.5) is 0 Å². The summed E-state index contributed by atoms with van der Waals surface area (Å²) in [4.78, 5) is 2.52. The summed E-state index contributed by atoms with van der Waals surface area (Å²) in [5.41, 5.74) is 0.230. The van der Waals surface area contributed by atoms with Crippen molar-refractivity contribution in [1.29, 1.82) is 0 Å². The molecule has 0 radical (unpaired) electrons. The van der Waals surface area contributed by atoms with Gasteiger partial charge < -0.3 is 15.0 Å². The molecule has 0 bridgehead atoms. The van der Waals surface area contributed by atoms with E-state index in [1.165, 1.54) is 19.5 Å². The van der Waals surface area contributed by atoms with Crippen molar-refractivity contribution >= 4 is 0 Å². The van der Waals surface area contributed by atoms with E-state index >= 15 is 0 Å². The summed E-state index contributed by atoms with van der Waals surface area (Å²) >= 11 is 0. The molecule has 0 saturated carbocycles. The first-order valence-corrected chi connectivity index (χ1v) is 6.41. The van der Waals surface area contributed by atoms with E-state index in [4.69, 9.17) is 4.74 Å². The van der Waals surface area contributed by atoms with Crippen LogP contribution in [0.15, 0.2) is 0 Å². The van der Waals surface area contributed by atoms with Crippen molar-refractivity contribution in [2.45, 2.75) is 45.8 Å². The van der Waals surface area contributed by atoms with Gasteiger partial charge in [-0.2, -0.15) is 0 Å². The summed E-state index contributed by atoms with van der Waals surface area (Å²) in [6.07, 6.45) is 1.65. The molecule has 0 aromatic heterocycles. The molecule has 2 atom stereocenters. The van der Waals surface area contributed by atoms with Gasteiger partial charge in [0.25, 0.3) is 0 Å². The smallest absolute Gasteiger partial charge is 0.0710 e. The SMILES string of the molecule is COC1CCN(CC(C)CNC(C)(C)C)C1. The third kappa shape index (κ3) is 5.28. The van der Waals surface area contributed by atoms with Crippen LogP contribution in [0.3, 0.4) is 0 Å². The van der Waals surface area contributed by atoms with Gasteiger partial charge in [-0.1, -0.05) is 6.92 Å². The Morgan fingerprint density at radius 2 is 2.12 bits per heavy atom. The number of ether oxygens (including phenoxy) is 1. The maximum absolute atomic E-state index is 5.38. The highest BCUT2D eigenvalue weighted by atomic mass is 16.5. The molecular weight excluding hydrogens is 200 g/mol. The third-order valence-electron chi connectivity index (χ3n) is 3.11. The molecule has 16 heavy (non-hydrogen) atoms. The van der Waals surface area contributed by atoms with Crippen LogP contribution in [0.1, 0.15) is 34.1 Å². The van der Waals surface area contributed by atoms with Gasteiger partial charge in [-0.05, 0) is 39.7 Å². The lowest BCUT2D eigenvalue weighted by molar-refractivity contribution is 0.106. The number of rotatable bonds is 5. The summed E-state index contributed by atoms with van der Waals surface area (Å²) in [6.45, 7) is 13.6. The van der Waals surface area contributed by atoms with Crippen LogP contribution < -0.4 is 5.32 Å². The molecule has 0 aromatic carbocycles. The highest BCUT2D eigenvalue weighted by Gasteiger charge is 2.23.